The van der Waals surface area contributed by atoms with Crippen LogP contribution in [0.15, 0.2) is 23.3 Å². The van der Waals surface area contributed by atoms with Gasteiger partial charge in [0.2, 0.25) is 0 Å². The molecule has 3 aliphatic carbocycles. The first-order valence-corrected chi connectivity index (χ1v) is 15.0. The molecule has 0 spiro atoms. The molecule has 2 atom stereocenters. The van der Waals surface area contributed by atoms with Crippen LogP contribution in [-0.2, 0) is 19.2 Å². The van der Waals surface area contributed by atoms with Gasteiger partial charge in [-0.1, -0.05) is 0 Å². The maximum atomic E-state index is 4.04. The van der Waals surface area contributed by atoms with Crippen molar-refractivity contribution in [1.29, 1.82) is 0 Å². The molecule has 0 amide bonds. The standard InChI is InChI=1S/C27H46P.Pd/c1-20(2)23-17-24(21(3)4)19-27(18-23,22(5)6)28(25-13-9-7-10-14-25)26-15-11-8-12-16-26;/h17-22,25-26H,7-16H2,1-6H3;. The molecule has 0 heterocycles. The SMILES string of the molecule is CC(C)C1=CC(C(C)C)(P(C2CCCCC2)C2CCCCC2)[CH]([Pd])C(C(C)C)=C1. The van der Waals surface area contributed by atoms with Gasteiger partial charge in [0.15, 0.2) is 0 Å². The van der Waals surface area contributed by atoms with E-state index in [2.05, 4.69) is 72.9 Å². The van der Waals surface area contributed by atoms with Crippen LogP contribution in [0.3, 0.4) is 0 Å². The molecule has 29 heavy (non-hydrogen) atoms. The van der Waals surface area contributed by atoms with Crippen LogP contribution in [0, 0.1) is 17.8 Å². The van der Waals surface area contributed by atoms with Gasteiger partial charge in [-0.3, -0.25) is 0 Å². The average molecular weight is 508 g/mol. The monoisotopic (exact) mass is 507 g/mol. The molecule has 2 fully saturated rings. The summed E-state index contributed by atoms with van der Waals surface area (Å²) in [5.41, 5.74) is 5.30. The summed E-state index contributed by atoms with van der Waals surface area (Å²) in [4.78, 5) is 0. The molecule has 2 heteroatoms. The first-order chi connectivity index (χ1) is 13.8. The third-order valence-electron chi connectivity index (χ3n) is 8.02. The second-order valence-corrected chi connectivity index (χ2v) is 14.9. The quantitative estimate of drug-likeness (QED) is 0.248. The third kappa shape index (κ3) is 4.99. The van der Waals surface area contributed by atoms with Crippen molar-refractivity contribution in [2.75, 3.05) is 0 Å². The van der Waals surface area contributed by atoms with Crippen molar-refractivity contribution in [3.05, 3.63) is 23.3 Å². The summed E-state index contributed by atoms with van der Waals surface area (Å²) in [5, 5.41) is 0.343. The number of hydrogen-bond donors (Lipinski definition) is 0. The first kappa shape index (κ1) is 24.2. The van der Waals surface area contributed by atoms with Gasteiger partial charge in [0, 0.05) is 0 Å². The Morgan fingerprint density at radius 3 is 1.66 bits per heavy atom. The summed E-state index contributed by atoms with van der Waals surface area (Å²) in [6.07, 6.45) is 20.3. The second-order valence-electron chi connectivity index (χ2n) is 11.0. The summed E-state index contributed by atoms with van der Waals surface area (Å²) in [7, 11) is -0.0357. The Kier molecular flexibility index (Phi) is 8.73. The van der Waals surface area contributed by atoms with Crippen LogP contribution in [-0.4, -0.2) is 16.5 Å². The predicted octanol–water partition coefficient (Wildman–Crippen LogP) is 9.04. The van der Waals surface area contributed by atoms with Crippen LogP contribution in [0.4, 0.5) is 0 Å². The van der Waals surface area contributed by atoms with E-state index in [9.17, 15) is 0 Å². The average Bonchev–Trinajstić information content (AvgIpc) is 2.70. The van der Waals surface area contributed by atoms with Crippen LogP contribution in [0.25, 0.3) is 0 Å². The molecule has 0 aromatic heterocycles. The van der Waals surface area contributed by atoms with Gasteiger partial charge >= 0.3 is 195 Å². The van der Waals surface area contributed by atoms with E-state index in [4.69, 9.17) is 0 Å². The third-order valence-corrected chi connectivity index (χ3v) is 14.0. The second kappa shape index (κ2) is 10.5. The fraction of sp³-hybridized carbons (Fsp3) is 0.852. The summed E-state index contributed by atoms with van der Waals surface area (Å²) in [6.45, 7) is 14.8. The number of allylic oxidation sites excluding steroid dienone is 4. The van der Waals surface area contributed by atoms with Gasteiger partial charge < -0.3 is 0 Å². The minimum atomic E-state index is -0.0357. The van der Waals surface area contributed by atoms with E-state index in [0.717, 1.165) is 11.3 Å². The molecule has 2 saturated carbocycles. The zero-order chi connectivity index (χ0) is 21.2. The van der Waals surface area contributed by atoms with Gasteiger partial charge in [0.05, 0.1) is 0 Å². The molecule has 0 aromatic rings. The van der Waals surface area contributed by atoms with Crippen molar-refractivity contribution in [3.8, 4) is 0 Å². The Labute approximate surface area is 194 Å². The molecule has 0 saturated heterocycles. The zero-order valence-corrected chi connectivity index (χ0v) is 22.4. The van der Waals surface area contributed by atoms with Crippen LogP contribution in [0.5, 0.6) is 0 Å². The number of hydrogen-bond acceptors (Lipinski definition) is 0. The van der Waals surface area contributed by atoms with Crippen molar-refractivity contribution in [2.45, 2.75) is 127 Å². The van der Waals surface area contributed by atoms with Gasteiger partial charge in [0.1, 0.15) is 0 Å². The van der Waals surface area contributed by atoms with Gasteiger partial charge in [-0.25, -0.2) is 0 Å². The van der Waals surface area contributed by atoms with Crippen molar-refractivity contribution in [1.82, 2.24) is 0 Å². The Morgan fingerprint density at radius 2 is 1.28 bits per heavy atom. The summed E-state index contributed by atoms with van der Waals surface area (Å²) < 4.78 is 0.558. The Bertz CT molecular complexity index is 572. The molecule has 3 aliphatic rings. The Hall–Kier alpha value is 0.572. The number of rotatable bonds is 6. The molecule has 3 rings (SSSR count). The van der Waals surface area contributed by atoms with E-state index in [-0.39, 0.29) is 7.92 Å². The van der Waals surface area contributed by atoms with E-state index in [1.165, 1.54) is 64.2 Å². The molecule has 0 radical (unpaired) electrons. The zero-order valence-electron chi connectivity index (χ0n) is 20.0. The van der Waals surface area contributed by atoms with Crippen LogP contribution in [0.2, 0.25) is 4.39 Å². The van der Waals surface area contributed by atoms with Crippen LogP contribution >= 0.6 is 7.92 Å². The molecule has 2 unspecified atom stereocenters. The van der Waals surface area contributed by atoms with Gasteiger partial charge in [-0.15, -0.1) is 0 Å². The van der Waals surface area contributed by atoms with Crippen LogP contribution in [0.1, 0.15) is 106 Å². The van der Waals surface area contributed by atoms with Gasteiger partial charge in [-0.05, 0) is 0 Å². The molecular weight excluding hydrogens is 462 g/mol. The van der Waals surface area contributed by atoms with Crippen molar-refractivity contribution >= 4 is 7.92 Å². The van der Waals surface area contributed by atoms with Gasteiger partial charge in [0.25, 0.3) is 0 Å². The summed E-state index contributed by atoms with van der Waals surface area (Å²) in [6, 6.07) is 0. The fourth-order valence-electron chi connectivity index (χ4n) is 6.26. The van der Waals surface area contributed by atoms with E-state index in [0.29, 0.717) is 27.3 Å². The van der Waals surface area contributed by atoms with Crippen molar-refractivity contribution in [2.24, 2.45) is 17.8 Å². The van der Waals surface area contributed by atoms with E-state index in [1.807, 2.05) is 0 Å². The molecule has 0 bridgehead atoms. The summed E-state index contributed by atoms with van der Waals surface area (Å²) >= 11 is 4.04. The normalized spacial score (nSPS) is 30.4. The van der Waals surface area contributed by atoms with E-state index in [1.54, 1.807) is 11.1 Å². The first-order valence-electron chi connectivity index (χ1n) is 12.6. The van der Waals surface area contributed by atoms with E-state index < -0.39 is 0 Å². The van der Waals surface area contributed by atoms with Crippen molar-refractivity contribution in [3.63, 3.8) is 0 Å². The maximum absolute atomic E-state index is 4.04. The topological polar surface area (TPSA) is 0 Å². The fourth-order valence-corrected chi connectivity index (χ4v) is 13.2. The summed E-state index contributed by atoms with van der Waals surface area (Å²) in [5.74, 6) is 1.96. The molecule has 0 aromatic carbocycles. The molecular formula is C27H46PPd. The van der Waals surface area contributed by atoms with Gasteiger partial charge in [-0.2, -0.15) is 0 Å². The Morgan fingerprint density at radius 1 is 0.793 bits per heavy atom. The van der Waals surface area contributed by atoms with Crippen LogP contribution < -0.4 is 0 Å². The minimum absolute atomic E-state index is 0.0357. The predicted molar refractivity (Wildman–Crippen MR) is 128 cm³/mol. The molecule has 169 valence electrons. The van der Waals surface area contributed by atoms with Crippen molar-refractivity contribution < 1.29 is 19.2 Å². The Balaban J connectivity index is 2.14. The molecule has 0 nitrogen and oxygen atoms in total. The molecule has 0 aliphatic heterocycles. The molecule has 0 N–H and O–H groups in total. The van der Waals surface area contributed by atoms with E-state index >= 15 is 0 Å².